The van der Waals surface area contributed by atoms with Crippen LogP contribution in [0.2, 0.25) is 0 Å². The van der Waals surface area contributed by atoms with Crippen LogP contribution in [0.1, 0.15) is 11.7 Å². The number of fused-ring (bicyclic) bond motifs is 2. The topological polar surface area (TPSA) is 125 Å². The third-order valence-corrected chi connectivity index (χ3v) is 4.40. The SMILES string of the molecule is O=c1c2[nH]cc[nH]c2c(=O)c2c(=O)n(CC(O)c3ccccc3)c(=O)c12. The Labute approximate surface area is 144 Å². The van der Waals surface area contributed by atoms with Gasteiger partial charge in [0.25, 0.3) is 11.1 Å². The van der Waals surface area contributed by atoms with Gasteiger partial charge in [0.1, 0.15) is 21.8 Å². The highest BCUT2D eigenvalue weighted by Crippen LogP contribution is 2.13. The van der Waals surface area contributed by atoms with Crippen molar-refractivity contribution in [3.05, 3.63) is 89.4 Å². The van der Waals surface area contributed by atoms with Crippen LogP contribution in [0.25, 0.3) is 21.8 Å². The minimum Gasteiger partial charge on any atom is -0.387 e. The molecule has 3 N–H and O–H groups in total. The molecule has 2 aromatic heterocycles. The average Bonchev–Trinajstić information content (AvgIpc) is 2.92. The number of aliphatic hydroxyl groups excluding tert-OH is 1. The molecule has 4 aromatic rings. The van der Waals surface area contributed by atoms with Gasteiger partial charge in [-0.1, -0.05) is 30.3 Å². The number of H-pyrrole nitrogens is 2. The van der Waals surface area contributed by atoms with Gasteiger partial charge >= 0.3 is 0 Å². The van der Waals surface area contributed by atoms with Crippen LogP contribution in [0.4, 0.5) is 0 Å². The molecule has 1 unspecified atom stereocenters. The fourth-order valence-corrected chi connectivity index (χ4v) is 3.12. The van der Waals surface area contributed by atoms with Gasteiger partial charge in [0, 0.05) is 12.4 Å². The molecule has 0 radical (unpaired) electrons. The summed E-state index contributed by atoms with van der Waals surface area (Å²) in [4.78, 5) is 55.7. The molecular weight excluding hydrogens is 338 g/mol. The Morgan fingerprint density at radius 1 is 0.846 bits per heavy atom. The number of nitrogens with one attached hydrogen (secondary N) is 2. The van der Waals surface area contributed by atoms with Gasteiger partial charge < -0.3 is 15.1 Å². The lowest BCUT2D eigenvalue weighted by Crippen LogP contribution is -2.29. The second-order valence-electron chi connectivity index (χ2n) is 5.93. The molecule has 8 nitrogen and oxygen atoms in total. The predicted octanol–water partition coefficient (Wildman–Crippen LogP) is 0.0629. The van der Waals surface area contributed by atoms with E-state index in [4.69, 9.17) is 0 Å². The summed E-state index contributed by atoms with van der Waals surface area (Å²) in [5, 5.41) is 9.40. The second-order valence-corrected chi connectivity index (χ2v) is 5.93. The van der Waals surface area contributed by atoms with Gasteiger partial charge in [-0.15, -0.1) is 0 Å². The maximum atomic E-state index is 12.6. The maximum Gasteiger partial charge on any atom is 0.265 e. The summed E-state index contributed by atoms with van der Waals surface area (Å²) in [6.07, 6.45) is 1.69. The van der Waals surface area contributed by atoms with Crippen LogP contribution in [0.5, 0.6) is 0 Å². The Balaban J connectivity index is 2.00. The van der Waals surface area contributed by atoms with E-state index < -0.39 is 38.9 Å². The Morgan fingerprint density at radius 3 is 1.85 bits per heavy atom. The van der Waals surface area contributed by atoms with Crippen molar-refractivity contribution < 1.29 is 5.11 Å². The molecule has 2 heterocycles. The molecule has 0 aliphatic heterocycles. The summed E-state index contributed by atoms with van der Waals surface area (Å²) in [5.41, 5.74) is -2.81. The lowest BCUT2D eigenvalue weighted by atomic mass is 10.1. The largest absolute Gasteiger partial charge is 0.387 e. The molecule has 26 heavy (non-hydrogen) atoms. The van der Waals surface area contributed by atoms with E-state index >= 15 is 0 Å². The maximum absolute atomic E-state index is 12.6. The Morgan fingerprint density at radius 2 is 1.35 bits per heavy atom. The lowest BCUT2D eigenvalue weighted by Gasteiger charge is -2.10. The smallest absolute Gasteiger partial charge is 0.265 e. The van der Waals surface area contributed by atoms with Crippen molar-refractivity contribution in [1.82, 2.24) is 14.5 Å². The first-order valence-corrected chi connectivity index (χ1v) is 7.86. The Hall–Kier alpha value is -3.52. The van der Waals surface area contributed by atoms with Crippen LogP contribution >= 0.6 is 0 Å². The van der Waals surface area contributed by atoms with Gasteiger partial charge in [0.2, 0.25) is 10.9 Å². The lowest BCUT2D eigenvalue weighted by molar-refractivity contribution is 0.154. The molecule has 0 bridgehead atoms. The van der Waals surface area contributed by atoms with E-state index in [-0.39, 0.29) is 17.6 Å². The average molecular weight is 351 g/mol. The Bertz CT molecular complexity index is 1270. The summed E-state index contributed by atoms with van der Waals surface area (Å²) >= 11 is 0. The van der Waals surface area contributed by atoms with Crippen LogP contribution in [0.15, 0.2) is 61.9 Å². The molecule has 0 saturated heterocycles. The summed E-state index contributed by atoms with van der Waals surface area (Å²) in [6, 6.07) is 8.50. The second kappa shape index (κ2) is 5.78. The number of hydrogen-bond donors (Lipinski definition) is 3. The van der Waals surface area contributed by atoms with Gasteiger partial charge in [0.05, 0.1) is 12.6 Å². The summed E-state index contributed by atoms with van der Waals surface area (Å²) in [5.74, 6) is 0. The standard InChI is InChI=1S/C18H13N3O5/c22-10(9-4-2-1-3-5-9)8-21-17(25)11-12(18(21)26)16(24)14-13(15(11)23)19-6-7-20-14/h1-7,10,19-20,22H,8H2. The molecule has 0 fully saturated rings. The predicted molar refractivity (Wildman–Crippen MR) is 95.8 cm³/mol. The first-order chi connectivity index (χ1) is 12.5. The van der Waals surface area contributed by atoms with Gasteiger partial charge in [-0.25, -0.2) is 0 Å². The van der Waals surface area contributed by atoms with Crippen LogP contribution < -0.4 is 22.0 Å². The van der Waals surface area contributed by atoms with Crippen molar-refractivity contribution in [3.8, 4) is 0 Å². The molecule has 0 spiro atoms. The number of aromatic nitrogens is 3. The van der Waals surface area contributed by atoms with E-state index in [9.17, 15) is 24.3 Å². The van der Waals surface area contributed by atoms with E-state index in [1.807, 2.05) is 0 Å². The molecule has 1 atom stereocenters. The summed E-state index contributed by atoms with van der Waals surface area (Å²) in [7, 11) is 0. The third-order valence-electron chi connectivity index (χ3n) is 4.40. The van der Waals surface area contributed by atoms with E-state index in [2.05, 4.69) is 9.97 Å². The van der Waals surface area contributed by atoms with Crippen molar-refractivity contribution >= 4 is 21.8 Å². The van der Waals surface area contributed by atoms with Gasteiger partial charge in [0.15, 0.2) is 0 Å². The zero-order valence-electron chi connectivity index (χ0n) is 13.4. The van der Waals surface area contributed by atoms with Gasteiger partial charge in [-0.3, -0.25) is 23.7 Å². The Kier molecular flexibility index (Phi) is 3.55. The van der Waals surface area contributed by atoms with Crippen molar-refractivity contribution in [2.45, 2.75) is 12.6 Å². The fraction of sp³-hybridized carbons (Fsp3) is 0.111. The van der Waals surface area contributed by atoms with Crippen molar-refractivity contribution in [2.24, 2.45) is 0 Å². The molecule has 0 aliphatic carbocycles. The first kappa shape index (κ1) is 16.0. The zero-order chi connectivity index (χ0) is 18.4. The number of aromatic amines is 2. The highest BCUT2D eigenvalue weighted by atomic mass is 16.3. The molecule has 0 saturated carbocycles. The number of aliphatic hydroxyl groups is 1. The number of rotatable bonds is 3. The molecule has 0 amide bonds. The minimum absolute atomic E-state index is 0.0668. The van der Waals surface area contributed by atoms with Crippen molar-refractivity contribution in [2.75, 3.05) is 0 Å². The normalized spacial score (nSPS) is 12.7. The first-order valence-electron chi connectivity index (χ1n) is 7.86. The molecule has 8 heteroatoms. The molecular formula is C18H13N3O5. The van der Waals surface area contributed by atoms with E-state index in [1.54, 1.807) is 30.3 Å². The molecule has 2 aromatic carbocycles. The van der Waals surface area contributed by atoms with Crippen LogP contribution in [0.3, 0.4) is 0 Å². The number of nitrogens with zero attached hydrogens (tertiary/aromatic N) is 1. The van der Waals surface area contributed by atoms with E-state index in [0.29, 0.717) is 5.56 Å². The van der Waals surface area contributed by atoms with Gasteiger partial charge in [-0.05, 0) is 5.56 Å². The highest BCUT2D eigenvalue weighted by Gasteiger charge is 2.23. The molecule has 130 valence electrons. The van der Waals surface area contributed by atoms with E-state index in [0.717, 1.165) is 4.57 Å². The molecule has 0 aliphatic rings. The number of benzene rings is 2. The quantitative estimate of drug-likeness (QED) is 0.481. The molecule has 4 rings (SSSR count). The summed E-state index contributed by atoms with van der Waals surface area (Å²) in [6.45, 7) is -0.348. The van der Waals surface area contributed by atoms with Crippen LogP contribution in [-0.4, -0.2) is 19.6 Å². The monoisotopic (exact) mass is 351 g/mol. The minimum atomic E-state index is -1.13. The zero-order valence-corrected chi connectivity index (χ0v) is 13.4. The van der Waals surface area contributed by atoms with Crippen LogP contribution in [-0.2, 0) is 6.54 Å². The van der Waals surface area contributed by atoms with Crippen molar-refractivity contribution in [1.29, 1.82) is 0 Å². The number of hydrogen-bond acceptors (Lipinski definition) is 5. The third kappa shape index (κ3) is 2.20. The van der Waals surface area contributed by atoms with Crippen molar-refractivity contribution in [3.63, 3.8) is 0 Å². The fourth-order valence-electron chi connectivity index (χ4n) is 3.12. The van der Waals surface area contributed by atoms with Crippen LogP contribution in [0, 0.1) is 0 Å². The summed E-state index contributed by atoms with van der Waals surface area (Å²) < 4.78 is 0.740. The van der Waals surface area contributed by atoms with E-state index in [1.165, 1.54) is 12.4 Å². The van der Waals surface area contributed by atoms with Gasteiger partial charge in [-0.2, -0.15) is 0 Å². The highest BCUT2D eigenvalue weighted by molar-refractivity contribution is 5.93.